The summed E-state index contributed by atoms with van der Waals surface area (Å²) in [5.41, 5.74) is 1.70. The van der Waals surface area contributed by atoms with Crippen LogP contribution >= 0.6 is 11.3 Å². The summed E-state index contributed by atoms with van der Waals surface area (Å²) in [4.78, 5) is 17.1. The average Bonchev–Trinajstić information content (AvgIpc) is 3.05. The van der Waals surface area contributed by atoms with Crippen molar-refractivity contribution in [2.24, 2.45) is 4.99 Å². The Labute approximate surface area is 167 Å². The molecule has 0 spiro atoms. The van der Waals surface area contributed by atoms with E-state index in [2.05, 4.69) is 10.9 Å². The molecule has 0 radical (unpaired) electrons. The van der Waals surface area contributed by atoms with Gasteiger partial charge in [-0.3, -0.25) is 4.79 Å². The molecular formula is C21H20N2O4S. The van der Waals surface area contributed by atoms with Crippen molar-refractivity contribution in [3.05, 3.63) is 46.8 Å². The second-order valence-corrected chi connectivity index (χ2v) is 6.86. The van der Waals surface area contributed by atoms with Crippen molar-refractivity contribution >= 4 is 27.5 Å². The molecule has 0 aliphatic rings. The fourth-order valence-electron chi connectivity index (χ4n) is 2.77. The third-order valence-electron chi connectivity index (χ3n) is 4.11. The van der Waals surface area contributed by atoms with Gasteiger partial charge in [-0.05, 0) is 30.7 Å². The van der Waals surface area contributed by atoms with Crippen molar-refractivity contribution in [3.8, 4) is 29.6 Å². The molecule has 3 rings (SSSR count). The molecule has 1 heterocycles. The van der Waals surface area contributed by atoms with Crippen LogP contribution in [0.1, 0.15) is 5.56 Å². The highest BCUT2D eigenvalue weighted by Gasteiger charge is 2.16. The second kappa shape index (κ2) is 8.63. The van der Waals surface area contributed by atoms with Crippen LogP contribution in [0.2, 0.25) is 0 Å². The molecule has 0 aliphatic heterocycles. The smallest absolute Gasteiger partial charge is 0.286 e. The lowest BCUT2D eigenvalue weighted by Crippen LogP contribution is -2.19. The summed E-state index contributed by atoms with van der Waals surface area (Å²) in [5, 5.41) is 0. The number of terminal acetylenes is 1. The number of aromatic nitrogens is 1. The van der Waals surface area contributed by atoms with Crippen LogP contribution in [0.4, 0.5) is 0 Å². The van der Waals surface area contributed by atoms with E-state index in [-0.39, 0.29) is 13.2 Å². The zero-order valence-electron chi connectivity index (χ0n) is 15.9. The van der Waals surface area contributed by atoms with Gasteiger partial charge in [0.15, 0.2) is 11.4 Å². The lowest BCUT2D eigenvalue weighted by molar-refractivity contribution is -0.120. The van der Waals surface area contributed by atoms with Crippen LogP contribution in [0, 0.1) is 19.3 Å². The molecule has 0 N–H and O–H groups in total. The van der Waals surface area contributed by atoms with E-state index in [4.69, 9.17) is 20.6 Å². The van der Waals surface area contributed by atoms with Crippen LogP contribution in [-0.2, 0) is 11.3 Å². The first-order chi connectivity index (χ1) is 13.6. The fourth-order valence-corrected chi connectivity index (χ4v) is 3.93. The van der Waals surface area contributed by atoms with Gasteiger partial charge in [-0.1, -0.05) is 35.5 Å². The van der Waals surface area contributed by atoms with Crippen LogP contribution in [0.5, 0.6) is 17.2 Å². The van der Waals surface area contributed by atoms with E-state index in [0.717, 1.165) is 15.8 Å². The molecule has 0 bridgehead atoms. The summed E-state index contributed by atoms with van der Waals surface area (Å²) in [6.45, 7) is 2.00. The number of para-hydroxylation sites is 1. The number of thiazole rings is 1. The van der Waals surface area contributed by atoms with Crippen LogP contribution in [0.3, 0.4) is 0 Å². The lowest BCUT2D eigenvalue weighted by Gasteiger charge is -2.08. The first-order valence-electron chi connectivity index (χ1n) is 8.52. The van der Waals surface area contributed by atoms with Gasteiger partial charge in [0.2, 0.25) is 0 Å². The normalized spacial score (nSPS) is 11.3. The topological polar surface area (TPSA) is 62.1 Å². The second-order valence-electron chi connectivity index (χ2n) is 5.88. The van der Waals surface area contributed by atoms with Crippen molar-refractivity contribution in [3.63, 3.8) is 0 Å². The number of aryl methyl sites for hydroxylation is 1. The van der Waals surface area contributed by atoms with Gasteiger partial charge in [-0.15, -0.1) is 6.42 Å². The molecule has 144 valence electrons. The van der Waals surface area contributed by atoms with Gasteiger partial charge in [-0.25, -0.2) is 0 Å². The Hall–Kier alpha value is -3.24. The number of benzene rings is 2. The number of rotatable bonds is 6. The highest BCUT2D eigenvalue weighted by molar-refractivity contribution is 7.16. The van der Waals surface area contributed by atoms with E-state index in [1.54, 1.807) is 24.9 Å². The first kappa shape index (κ1) is 19.5. The Kier molecular flexibility index (Phi) is 6.02. The van der Waals surface area contributed by atoms with Crippen LogP contribution in [-0.4, -0.2) is 31.3 Å². The number of ether oxygens (including phenoxy) is 3. The van der Waals surface area contributed by atoms with Gasteiger partial charge in [-0.2, -0.15) is 4.99 Å². The van der Waals surface area contributed by atoms with E-state index >= 15 is 0 Å². The summed E-state index contributed by atoms with van der Waals surface area (Å²) in [6.07, 6.45) is 5.53. The van der Waals surface area contributed by atoms with Crippen molar-refractivity contribution < 1.29 is 19.0 Å². The lowest BCUT2D eigenvalue weighted by atomic mass is 10.2. The maximum Gasteiger partial charge on any atom is 0.286 e. The summed E-state index contributed by atoms with van der Waals surface area (Å²) in [6, 6.07) is 11.1. The minimum Gasteiger partial charge on any atom is -0.495 e. The van der Waals surface area contributed by atoms with Gasteiger partial charge in [0.1, 0.15) is 27.5 Å². The third kappa shape index (κ3) is 3.87. The Morgan fingerprint density at radius 1 is 1.14 bits per heavy atom. The van der Waals surface area contributed by atoms with Gasteiger partial charge >= 0.3 is 0 Å². The highest BCUT2D eigenvalue weighted by Crippen LogP contribution is 2.35. The predicted octanol–water partition coefficient (Wildman–Crippen LogP) is 3.17. The van der Waals surface area contributed by atoms with Crippen LogP contribution in [0.25, 0.3) is 10.2 Å². The van der Waals surface area contributed by atoms with Gasteiger partial charge in [0.25, 0.3) is 5.91 Å². The molecule has 0 saturated heterocycles. The molecule has 0 fully saturated rings. The molecule has 6 nitrogen and oxygen atoms in total. The quantitative estimate of drug-likeness (QED) is 0.601. The molecule has 28 heavy (non-hydrogen) atoms. The van der Waals surface area contributed by atoms with Crippen molar-refractivity contribution in [2.75, 3.05) is 20.8 Å². The molecule has 7 heteroatoms. The molecule has 1 amide bonds. The standard InChI is InChI=1S/C21H20N2O4S/c1-5-12-23-19-16(25-3)10-11-17(26-4)20(19)28-21(23)22-18(24)13-27-15-9-7-6-8-14(15)2/h1,6-11H,12-13H2,2-4H3. The van der Waals surface area contributed by atoms with Crippen molar-refractivity contribution in [1.29, 1.82) is 0 Å². The molecular weight excluding hydrogens is 376 g/mol. The van der Waals surface area contributed by atoms with E-state index < -0.39 is 5.91 Å². The number of methoxy groups -OCH3 is 2. The van der Waals surface area contributed by atoms with Crippen LogP contribution < -0.4 is 19.0 Å². The largest absolute Gasteiger partial charge is 0.495 e. The number of carbonyl (C=O) groups excluding carboxylic acids is 1. The average molecular weight is 396 g/mol. The number of amides is 1. The van der Waals surface area contributed by atoms with Gasteiger partial charge in [0, 0.05) is 0 Å². The summed E-state index contributed by atoms with van der Waals surface area (Å²) in [7, 11) is 3.17. The number of nitrogens with zero attached hydrogens (tertiary/aromatic N) is 2. The number of hydrogen-bond donors (Lipinski definition) is 0. The number of hydrogen-bond acceptors (Lipinski definition) is 5. The maximum atomic E-state index is 12.4. The predicted molar refractivity (Wildman–Crippen MR) is 109 cm³/mol. The SMILES string of the molecule is C#CCn1c(=NC(=O)COc2ccccc2C)sc2c(OC)ccc(OC)c21. The maximum absolute atomic E-state index is 12.4. The minimum atomic E-state index is -0.404. The van der Waals surface area contributed by atoms with Crippen molar-refractivity contribution in [2.45, 2.75) is 13.5 Å². The zero-order valence-corrected chi connectivity index (χ0v) is 16.7. The monoisotopic (exact) mass is 396 g/mol. The Bertz CT molecular complexity index is 1120. The molecule has 0 atom stereocenters. The molecule has 0 saturated carbocycles. The van der Waals surface area contributed by atoms with Crippen LogP contribution in [0.15, 0.2) is 41.4 Å². The molecule has 0 unspecified atom stereocenters. The van der Waals surface area contributed by atoms with Gasteiger partial charge < -0.3 is 18.8 Å². The van der Waals surface area contributed by atoms with E-state index in [1.807, 2.05) is 37.3 Å². The van der Waals surface area contributed by atoms with E-state index in [9.17, 15) is 4.79 Å². The van der Waals surface area contributed by atoms with E-state index in [0.29, 0.717) is 22.0 Å². The van der Waals surface area contributed by atoms with Gasteiger partial charge in [0.05, 0.1) is 20.8 Å². The highest BCUT2D eigenvalue weighted by atomic mass is 32.1. The number of fused-ring (bicyclic) bond motifs is 1. The van der Waals surface area contributed by atoms with Crippen molar-refractivity contribution in [1.82, 2.24) is 4.57 Å². The first-order valence-corrected chi connectivity index (χ1v) is 9.34. The Balaban J connectivity index is 2.01. The fraction of sp³-hybridized carbons (Fsp3) is 0.238. The third-order valence-corrected chi connectivity index (χ3v) is 5.20. The Morgan fingerprint density at radius 2 is 1.86 bits per heavy atom. The molecule has 2 aromatic carbocycles. The molecule has 0 aliphatic carbocycles. The Morgan fingerprint density at radius 3 is 2.54 bits per heavy atom. The summed E-state index contributed by atoms with van der Waals surface area (Å²) >= 11 is 1.32. The summed E-state index contributed by atoms with van der Waals surface area (Å²) < 4.78 is 19.1. The minimum absolute atomic E-state index is 0.163. The zero-order chi connectivity index (χ0) is 20.1. The van der Waals surface area contributed by atoms with E-state index in [1.165, 1.54) is 11.3 Å². The molecule has 1 aromatic heterocycles. The number of carbonyl (C=O) groups is 1. The summed E-state index contributed by atoms with van der Waals surface area (Å²) in [5.74, 6) is 4.15. The molecule has 3 aromatic rings.